The Morgan fingerprint density at radius 2 is 1.37 bits per heavy atom. The number of benzene rings is 2. The fourth-order valence-electron chi connectivity index (χ4n) is 5.85. The van der Waals surface area contributed by atoms with Crippen molar-refractivity contribution >= 4 is 24.4 Å². The average molecular weight is 482 g/mol. The van der Waals surface area contributed by atoms with Crippen molar-refractivity contribution in [2.45, 2.75) is 58.2 Å². The predicted octanol–water partition coefficient (Wildman–Crippen LogP) is 7.70. The maximum Gasteiger partial charge on any atom is 0.255 e. The van der Waals surface area contributed by atoms with Crippen LogP contribution in [0.25, 0.3) is 27.5 Å². The van der Waals surface area contributed by atoms with Crippen LogP contribution in [0.1, 0.15) is 47.1 Å². The molecule has 2 aromatic carbocycles. The van der Waals surface area contributed by atoms with Crippen molar-refractivity contribution in [3.8, 4) is 28.5 Å². The van der Waals surface area contributed by atoms with Crippen LogP contribution in [0.5, 0.6) is 5.75 Å². The highest BCUT2D eigenvalue weighted by atomic mass is 28.3. The van der Waals surface area contributed by atoms with Crippen LogP contribution in [0.4, 0.5) is 0 Å². The van der Waals surface area contributed by atoms with Gasteiger partial charge in [0.1, 0.15) is 13.8 Å². The third kappa shape index (κ3) is 4.19. The maximum atomic E-state index is 13.3. The molecule has 3 nitrogen and oxygen atoms in total. The molecular formula is C31H35NO2Si. The van der Waals surface area contributed by atoms with Gasteiger partial charge in [-0.05, 0) is 47.0 Å². The topological polar surface area (TPSA) is 30.7 Å². The molecule has 2 heterocycles. The number of aromatic nitrogens is 1. The molecule has 180 valence electrons. The Bertz CT molecular complexity index is 1460. The van der Waals surface area contributed by atoms with E-state index in [4.69, 9.17) is 4.74 Å². The summed E-state index contributed by atoms with van der Waals surface area (Å²) < 4.78 is 7.23. The highest BCUT2D eigenvalue weighted by Gasteiger charge is 2.41. The Labute approximate surface area is 209 Å². The zero-order valence-electron chi connectivity index (χ0n) is 21.8. The molecule has 0 fully saturated rings. The largest absolute Gasteiger partial charge is 0.497 e. The smallest absolute Gasteiger partial charge is 0.255 e. The predicted molar refractivity (Wildman–Crippen MR) is 151 cm³/mol. The van der Waals surface area contributed by atoms with E-state index in [1.165, 1.54) is 0 Å². The Balaban J connectivity index is 2.19. The Morgan fingerprint density at radius 3 is 1.94 bits per heavy atom. The minimum Gasteiger partial charge on any atom is -0.497 e. The highest BCUT2D eigenvalue weighted by Crippen LogP contribution is 2.41. The molecule has 0 aliphatic heterocycles. The summed E-state index contributed by atoms with van der Waals surface area (Å²) in [5, 5.41) is 2.12. The van der Waals surface area contributed by atoms with Crippen molar-refractivity contribution in [2.24, 2.45) is 0 Å². The van der Waals surface area contributed by atoms with Gasteiger partial charge in [-0.2, -0.15) is 0 Å². The summed E-state index contributed by atoms with van der Waals surface area (Å²) in [5.41, 5.74) is 9.03. The third-order valence-corrected chi connectivity index (χ3v) is 13.8. The van der Waals surface area contributed by atoms with Crippen LogP contribution in [0.15, 0.2) is 71.5 Å². The summed E-state index contributed by atoms with van der Waals surface area (Å²) >= 11 is 0. The third-order valence-electron chi connectivity index (χ3n) is 7.52. The van der Waals surface area contributed by atoms with Crippen LogP contribution in [-0.2, 0) is 0 Å². The molecule has 35 heavy (non-hydrogen) atoms. The van der Waals surface area contributed by atoms with Crippen molar-refractivity contribution in [1.29, 1.82) is 0 Å². The lowest BCUT2D eigenvalue weighted by Gasteiger charge is -2.38. The SMILES string of the molecule is COc1ccc(-c2c(C#C[Si](C(C)C)(C(C)C)C(C)C)c3ccccc3c3cccc(=O)n23)cc1. The lowest BCUT2D eigenvalue weighted by atomic mass is 9.98. The van der Waals surface area contributed by atoms with Gasteiger partial charge >= 0.3 is 0 Å². The first kappa shape index (κ1) is 24.8. The normalized spacial score (nSPS) is 11.9. The first-order valence-corrected chi connectivity index (χ1v) is 14.7. The number of rotatable bonds is 5. The first-order valence-electron chi connectivity index (χ1n) is 12.5. The van der Waals surface area contributed by atoms with Crippen LogP contribution < -0.4 is 10.3 Å². The van der Waals surface area contributed by atoms with Gasteiger partial charge in [0.15, 0.2) is 0 Å². The molecule has 0 spiro atoms. The van der Waals surface area contributed by atoms with E-state index in [1.807, 2.05) is 46.9 Å². The Morgan fingerprint density at radius 1 is 0.771 bits per heavy atom. The van der Waals surface area contributed by atoms with E-state index in [2.05, 4.69) is 71.2 Å². The number of nitrogens with zero attached hydrogens (tertiary/aromatic N) is 1. The van der Waals surface area contributed by atoms with Gasteiger partial charge in [0.2, 0.25) is 0 Å². The molecular weight excluding hydrogens is 446 g/mol. The fraction of sp³-hybridized carbons (Fsp3) is 0.323. The summed E-state index contributed by atoms with van der Waals surface area (Å²) in [6.07, 6.45) is 0. The zero-order chi connectivity index (χ0) is 25.3. The molecule has 0 aliphatic carbocycles. The van der Waals surface area contributed by atoms with E-state index in [0.717, 1.165) is 38.9 Å². The number of hydrogen-bond donors (Lipinski definition) is 0. The summed E-state index contributed by atoms with van der Waals surface area (Å²) in [6, 6.07) is 21.7. The van der Waals surface area contributed by atoms with Crippen LogP contribution in [0.3, 0.4) is 0 Å². The van der Waals surface area contributed by atoms with Gasteiger partial charge in [-0.25, -0.2) is 0 Å². The van der Waals surface area contributed by atoms with E-state index in [-0.39, 0.29) is 5.56 Å². The molecule has 0 N–H and O–H groups in total. The monoisotopic (exact) mass is 481 g/mol. The summed E-state index contributed by atoms with van der Waals surface area (Å²) in [4.78, 5) is 13.3. The standard InChI is InChI=1S/C31H35NO2Si/c1-21(2)35(22(3)4,23(5)6)20-19-28-26-11-8-9-12-27(26)29-13-10-14-30(33)32(29)31(28)24-15-17-25(34-7)18-16-24/h8-18,21-23H,1-7H3. The van der Waals surface area contributed by atoms with Gasteiger partial charge < -0.3 is 4.74 Å². The molecule has 0 amide bonds. The number of ether oxygens (including phenoxy) is 1. The summed E-state index contributed by atoms with van der Waals surface area (Å²) in [5.74, 6) is 4.49. The Hall–Kier alpha value is -3.29. The van der Waals surface area contributed by atoms with Crippen molar-refractivity contribution in [3.05, 3.63) is 82.6 Å². The van der Waals surface area contributed by atoms with Crippen LogP contribution in [0.2, 0.25) is 16.6 Å². The number of methoxy groups -OCH3 is 1. The second-order valence-electron chi connectivity index (χ2n) is 10.2. The summed E-state index contributed by atoms with van der Waals surface area (Å²) in [7, 11) is -0.323. The Kier molecular flexibility index (Phi) is 6.92. The first-order chi connectivity index (χ1) is 16.7. The van der Waals surface area contributed by atoms with Crippen LogP contribution >= 0.6 is 0 Å². The van der Waals surface area contributed by atoms with E-state index < -0.39 is 8.07 Å². The second kappa shape index (κ2) is 9.75. The average Bonchev–Trinajstić information content (AvgIpc) is 2.84. The minimum atomic E-state index is -1.99. The second-order valence-corrected chi connectivity index (χ2v) is 15.8. The van der Waals surface area contributed by atoms with E-state index >= 15 is 0 Å². The molecule has 0 radical (unpaired) electrons. The quantitative estimate of drug-likeness (QED) is 0.166. The van der Waals surface area contributed by atoms with Crippen molar-refractivity contribution in [1.82, 2.24) is 4.40 Å². The number of hydrogen-bond acceptors (Lipinski definition) is 2. The molecule has 4 rings (SSSR count). The highest BCUT2D eigenvalue weighted by molar-refractivity contribution is 6.90. The van der Waals surface area contributed by atoms with Gasteiger partial charge in [-0.3, -0.25) is 9.20 Å². The molecule has 0 unspecified atom stereocenters. The van der Waals surface area contributed by atoms with E-state index in [0.29, 0.717) is 16.6 Å². The molecule has 0 saturated carbocycles. The molecule has 0 aliphatic rings. The van der Waals surface area contributed by atoms with E-state index in [1.54, 1.807) is 13.2 Å². The molecule has 0 bridgehead atoms. The van der Waals surface area contributed by atoms with Crippen molar-refractivity contribution in [3.63, 3.8) is 0 Å². The van der Waals surface area contributed by atoms with Crippen molar-refractivity contribution in [2.75, 3.05) is 7.11 Å². The van der Waals surface area contributed by atoms with Gasteiger partial charge in [0.05, 0.1) is 23.9 Å². The van der Waals surface area contributed by atoms with Crippen LogP contribution in [0, 0.1) is 11.5 Å². The molecule has 4 aromatic rings. The molecule has 2 aromatic heterocycles. The van der Waals surface area contributed by atoms with Crippen molar-refractivity contribution < 1.29 is 4.74 Å². The molecule has 0 saturated heterocycles. The van der Waals surface area contributed by atoms with E-state index in [9.17, 15) is 4.79 Å². The lowest BCUT2D eigenvalue weighted by Crippen LogP contribution is -2.43. The molecule has 0 atom stereocenters. The van der Waals surface area contributed by atoms with Gasteiger partial charge in [-0.15, -0.1) is 5.54 Å². The number of pyridine rings is 2. The molecule has 4 heteroatoms. The van der Waals surface area contributed by atoms with Gasteiger partial charge in [-0.1, -0.05) is 77.8 Å². The lowest BCUT2D eigenvalue weighted by molar-refractivity contribution is 0.415. The van der Waals surface area contributed by atoms with Gasteiger partial charge in [0.25, 0.3) is 5.56 Å². The zero-order valence-corrected chi connectivity index (χ0v) is 22.8. The minimum absolute atomic E-state index is 0.0535. The fourth-order valence-corrected chi connectivity index (χ4v) is 11.1. The van der Waals surface area contributed by atoms with Gasteiger partial charge in [0, 0.05) is 22.4 Å². The maximum absolute atomic E-state index is 13.3. The van der Waals surface area contributed by atoms with Crippen LogP contribution in [-0.4, -0.2) is 19.6 Å². The summed E-state index contributed by atoms with van der Waals surface area (Å²) in [6.45, 7) is 14.0. The number of fused-ring (bicyclic) bond motifs is 3.